The average molecular weight is 341 g/mol. The number of H-pyrrole nitrogens is 1. The topological polar surface area (TPSA) is 95.5 Å². The Hall–Kier alpha value is -3.09. The fourth-order valence-corrected chi connectivity index (χ4v) is 3.06. The van der Waals surface area contributed by atoms with Crippen LogP contribution in [0.15, 0.2) is 48.1 Å². The first-order valence-corrected chi connectivity index (χ1v) is 7.89. The van der Waals surface area contributed by atoms with Gasteiger partial charge in [-0.3, -0.25) is 9.59 Å². The Morgan fingerprint density at radius 2 is 2.24 bits per heavy atom. The van der Waals surface area contributed by atoms with Gasteiger partial charge in [0.25, 0.3) is 5.91 Å². The number of methoxy groups -OCH3 is 1. The number of aliphatic hydroxyl groups excluding tert-OH is 1. The summed E-state index contributed by atoms with van der Waals surface area (Å²) >= 11 is 0. The van der Waals surface area contributed by atoms with E-state index in [1.54, 1.807) is 37.8 Å². The second kappa shape index (κ2) is 6.80. The van der Waals surface area contributed by atoms with Crippen LogP contribution in [0.25, 0.3) is 0 Å². The summed E-state index contributed by atoms with van der Waals surface area (Å²) in [5, 5.41) is 10.2. The summed E-state index contributed by atoms with van der Waals surface area (Å²) in [5.41, 5.74) is 1.70. The van der Waals surface area contributed by atoms with Crippen LogP contribution >= 0.6 is 0 Å². The van der Waals surface area contributed by atoms with Crippen molar-refractivity contribution in [2.24, 2.45) is 0 Å². The van der Waals surface area contributed by atoms with Crippen molar-refractivity contribution in [2.45, 2.75) is 19.4 Å². The third kappa shape index (κ3) is 3.13. The van der Waals surface area contributed by atoms with Gasteiger partial charge in [0.2, 0.25) is 0 Å². The second-order valence-corrected chi connectivity index (χ2v) is 5.82. The highest BCUT2D eigenvalue weighted by molar-refractivity contribution is 6.08. The summed E-state index contributed by atoms with van der Waals surface area (Å²) in [5.74, 6) is -0.738. The van der Waals surface area contributed by atoms with E-state index in [9.17, 15) is 14.7 Å². The van der Waals surface area contributed by atoms with Gasteiger partial charge in [0.15, 0.2) is 11.5 Å². The fraction of sp³-hybridized carbons (Fsp3) is 0.278. The second-order valence-electron chi connectivity index (χ2n) is 5.82. The number of benzene rings is 1. The molecule has 0 bridgehead atoms. The maximum Gasteiger partial charge on any atom is 0.290 e. The number of nitrogens with zero attached hydrogens (tertiary/aromatic N) is 2. The minimum absolute atomic E-state index is 0.114. The molecule has 1 aromatic carbocycles. The monoisotopic (exact) mass is 341 g/mol. The van der Waals surface area contributed by atoms with Crippen LogP contribution in [-0.4, -0.2) is 45.3 Å². The third-order valence-electron chi connectivity index (χ3n) is 4.27. The van der Waals surface area contributed by atoms with Crippen LogP contribution < -0.4 is 4.74 Å². The number of aromatic amines is 1. The summed E-state index contributed by atoms with van der Waals surface area (Å²) in [6.45, 7) is 1.69. The summed E-state index contributed by atoms with van der Waals surface area (Å²) in [7, 11) is 1.55. The number of hydrogen-bond donors (Lipinski definition) is 2. The SMILES string of the molecule is COc1cccc([C@@H]2C(C(C)=O)=C(O)C(=O)N2CCc2cnc[nH]2)c1. The van der Waals surface area contributed by atoms with E-state index in [2.05, 4.69) is 9.97 Å². The Morgan fingerprint density at radius 3 is 2.88 bits per heavy atom. The predicted molar refractivity (Wildman–Crippen MR) is 90.1 cm³/mol. The zero-order valence-electron chi connectivity index (χ0n) is 14.0. The van der Waals surface area contributed by atoms with Crippen molar-refractivity contribution in [1.82, 2.24) is 14.9 Å². The molecular formula is C18H19N3O4. The first kappa shape index (κ1) is 16.8. The van der Waals surface area contributed by atoms with E-state index in [-0.39, 0.29) is 11.4 Å². The molecular weight excluding hydrogens is 322 g/mol. The molecule has 0 spiro atoms. The molecule has 25 heavy (non-hydrogen) atoms. The molecule has 130 valence electrons. The van der Waals surface area contributed by atoms with E-state index in [1.165, 1.54) is 11.8 Å². The minimum Gasteiger partial charge on any atom is -0.503 e. The Bertz CT molecular complexity index is 827. The van der Waals surface area contributed by atoms with Crippen LogP contribution in [-0.2, 0) is 16.0 Å². The van der Waals surface area contributed by atoms with E-state index < -0.39 is 17.7 Å². The Labute approximate surface area is 144 Å². The number of aromatic nitrogens is 2. The Kier molecular flexibility index (Phi) is 4.56. The number of ketones is 1. The van der Waals surface area contributed by atoms with Gasteiger partial charge in [0.05, 0.1) is 25.1 Å². The zero-order valence-corrected chi connectivity index (χ0v) is 14.0. The van der Waals surface area contributed by atoms with Gasteiger partial charge in [-0.25, -0.2) is 4.98 Å². The molecule has 0 unspecified atom stereocenters. The van der Waals surface area contributed by atoms with E-state index in [0.717, 1.165) is 5.69 Å². The average Bonchev–Trinajstić information content (AvgIpc) is 3.21. The lowest BCUT2D eigenvalue weighted by Gasteiger charge is -2.26. The van der Waals surface area contributed by atoms with Crippen molar-refractivity contribution in [3.05, 3.63) is 59.4 Å². The summed E-state index contributed by atoms with van der Waals surface area (Å²) in [4.78, 5) is 33.0. The Balaban J connectivity index is 1.97. The number of ether oxygens (including phenoxy) is 1. The number of hydrogen-bond acceptors (Lipinski definition) is 5. The Morgan fingerprint density at radius 1 is 1.44 bits per heavy atom. The summed E-state index contributed by atoms with van der Waals surface area (Å²) < 4.78 is 5.24. The van der Waals surface area contributed by atoms with Crippen LogP contribution in [0.5, 0.6) is 5.75 Å². The number of aliphatic hydroxyl groups is 1. The molecule has 0 radical (unpaired) electrons. The van der Waals surface area contributed by atoms with Gasteiger partial charge in [-0.15, -0.1) is 0 Å². The van der Waals surface area contributed by atoms with Gasteiger partial charge in [-0.1, -0.05) is 12.1 Å². The zero-order chi connectivity index (χ0) is 18.0. The molecule has 1 aliphatic heterocycles. The molecule has 0 saturated carbocycles. The van der Waals surface area contributed by atoms with E-state index in [1.807, 2.05) is 6.07 Å². The quantitative estimate of drug-likeness (QED) is 0.837. The minimum atomic E-state index is -0.636. The molecule has 2 aromatic rings. The van der Waals surface area contributed by atoms with Crippen molar-refractivity contribution in [3.63, 3.8) is 0 Å². The molecule has 1 aromatic heterocycles. The molecule has 1 amide bonds. The predicted octanol–water partition coefficient (Wildman–Crippen LogP) is 1.95. The lowest BCUT2D eigenvalue weighted by Crippen LogP contribution is -2.33. The molecule has 2 heterocycles. The highest BCUT2D eigenvalue weighted by Crippen LogP contribution is 2.38. The molecule has 3 rings (SSSR count). The molecule has 2 N–H and O–H groups in total. The standard InChI is InChI=1S/C18H19N3O4/c1-11(22)15-16(12-4-3-5-14(8-12)25-2)21(18(24)17(15)23)7-6-13-9-19-10-20-13/h3-5,8-10,16,23H,6-7H2,1-2H3,(H,19,20)/t16-/m1/s1. The first-order valence-electron chi connectivity index (χ1n) is 7.89. The van der Waals surface area contributed by atoms with E-state index in [0.29, 0.717) is 24.3 Å². The lowest BCUT2D eigenvalue weighted by atomic mass is 9.96. The smallest absolute Gasteiger partial charge is 0.290 e. The molecule has 0 fully saturated rings. The molecule has 1 aliphatic rings. The van der Waals surface area contributed by atoms with Crippen molar-refractivity contribution in [3.8, 4) is 5.75 Å². The lowest BCUT2D eigenvalue weighted by molar-refractivity contribution is -0.129. The number of rotatable bonds is 6. The molecule has 7 heteroatoms. The van der Waals surface area contributed by atoms with Crippen molar-refractivity contribution >= 4 is 11.7 Å². The fourth-order valence-electron chi connectivity index (χ4n) is 3.06. The van der Waals surface area contributed by atoms with Crippen molar-refractivity contribution < 1.29 is 19.4 Å². The number of imidazole rings is 1. The van der Waals surface area contributed by atoms with Crippen LogP contribution in [0, 0.1) is 0 Å². The van der Waals surface area contributed by atoms with E-state index in [4.69, 9.17) is 4.74 Å². The molecule has 0 aliphatic carbocycles. The van der Waals surface area contributed by atoms with Gasteiger partial charge in [0.1, 0.15) is 5.75 Å². The maximum absolute atomic E-state index is 12.5. The highest BCUT2D eigenvalue weighted by Gasteiger charge is 2.42. The highest BCUT2D eigenvalue weighted by atomic mass is 16.5. The van der Waals surface area contributed by atoms with Gasteiger partial charge in [0, 0.05) is 24.9 Å². The van der Waals surface area contributed by atoms with Crippen LogP contribution in [0.4, 0.5) is 0 Å². The van der Waals surface area contributed by atoms with Gasteiger partial charge in [-0.2, -0.15) is 0 Å². The maximum atomic E-state index is 12.5. The van der Waals surface area contributed by atoms with Crippen molar-refractivity contribution in [2.75, 3.05) is 13.7 Å². The number of Topliss-reactive ketones (excluding diaryl/α,β-unsaturated/α-hetero) is 1. The van der Waals surface area contributed by atoms with Gasteiger partial charge >= 0.3 is 0 Å². The van der Waals surface area contributed by atoms with Crippen molar-refractivity contribution in [1.29, 1.82) is 0 Å². The normalized spacial score (nSPS) is 17.3. The first-order chi connectivity index (χ1) is 12.0. The number of carbonyl (C=O) groups excluding carboxylic acids is 2. The number of carbonyl (C=O) groups is 2. The third-order valence-corrected chi connectivity index (χ3v) is 4.27. The molecule has 0 saturated heterocycles. The largest absolute Gasteiger partial charge is 0.503 e. The number of nitrogens with one attached hydrogen (secondary N) is 1. The molecule has 1 atom stereocenters. The van der Waals surface area contributed by atoms with Crippen LogP contribution in [0.1, 0.15) is 24.2 Å². The summed E-state index contributed by atoms with van der Waals surface area (Å²) in [6.07, 6.45) is 3.78. The van der Waals surface area contributed by atoms with Crippen LogP contribution in [0.3, 0.4) is 0 Å². The summed E-state index contributed by atoms with van der Waals surface area (Å²) in [6, 6.07) is 6.52. The molecule has 7 nitrogen and oxygen atoms in total. The van der Waals surface area contributed by atoms with E-state index >= 15 is 0 Å². The van der Waals surface area contributed by atoms with Crippen LogP contribution in [0.2, 0.25) is 0 Å². The number of amides is 1. The van der Waals surface area contributed by atoms with Gasteiger partial charge in [-0.05, 0) is 24.6 Å². The van der Waals surface area contributed by atoms with Gasteiger partial charge < -0.3 is 19.7 Å².